The molecule has 10 nitrogen and oxygen atoms in total. The third kappa shape index (κ3) is 5.83. The van der Waals surface area contributed by atoms with Crippen molar-refractivity contribution in [1.29, 1.82) is 0 Å². The number of urea groups is 2. The molecule has 3 heterocycles. The van der Waals surface area contributed by atoms with Crippen molar-refractivity contribution < 1.29 is 28.2 Å². The Hall–Kier alpha value is -3.83. The number of methoxy groups -OCH3 is 2. The highest BCUT2D eigenvalue weighted by Crippen LogP contribution is 2.56. The summed E-state index contributed by atoms with van der Waals surface area (Å²) in [5.41, 5.74) is 2.44. The minimum absolute atomic E-state index is 0.00292. The highest BCUT2D eigenvalue weighted by atomic mass is 35.5. The fourth-order valence-electron chi connectivity index (χ4n) is 7.05. The number of likely N-dealkylation sites (tertiary alicyclic amines) is 1. The van der Waals surface area contributed by atoms with Crippen molar-refractivity contribution in [2.24, 2.45) is 0 Å². The van der Waals surface area contributed by atoms with Gasteiger partial charge in [0.2, 0.25) is 5.91 Å². The predicted molar refractivity (Wildman–Crippen MR) is 169 cm³/mol. The van der Waals surface area contributed by atoms with Crippen LogP contribution in [0.1, 0.15) is 43.7 Å². The maximum absolute atomic E-state index is 14.6. The van der Waals surface area contributed by atoms with Gasteiger partial charge in [-0.3, -0.25) is 9.69 Å². The average Bonchev–Trinajstić information content (AvgIpc) is 3.83. The molecule has 1 aliphatic carbocycles. The number of hydrogen-bond acceptors (Lipinski definition) is 5. The molecule has 12 heteroatoms. The van der Waals surface area contributed by atoms with E-state index in [0.29, 0.717) is 63.2 Å². The third-order valence-corrected chi connectivity index (χ3v) is 9.90. The van der Waals surface area contributed by atoms with Gasteiger partial charge in [-0.1, -0.05) is 29.8 Å². The molecule has 1 atom stereocenters. The number of amides is 5. The van der Waals surface area contributed by atoms with E-state index in [0.717, 1.165) is 23.2 Å². The van der Waals surface area contributed by atoms with Crippen LogP contribution in [0.2, 0.25) is 5.02 Å². The second-order valence-corrected chi connectivity index (χ2v) is 12.6. The van der Waals surface area contributed by atoms with Crippen LogP contribution >= 0.6 is 11.6 Å². The van der Waals surface area contributed by atoms with Crippen molar-refractivity contribution in [3.8, 4) is 5.75 Å². The molecule has 240 valence electrons. The molecule has 1 spiro atoms. The molecule has 1 saturated carbocycles. The quantitative estimate of drug-likeness (QED) is 0.428. The molecule has 1 N–H and O–H groups in total. The van der Waals surface area contributed by atoms with E-state index >= 15 is 0 Å². The van der Waals surface area contributed by atoms with Gasteiger partial charge in [-0.25, -0.2) is 14.0 Å². The zero-order valence-corrected chi connectivity index (χ0v) is 26.6. The first-order valence-electron chi connectivity index (χ1n) is 15.4. The van der Waals surface area contributed by atoms with Gasteiger partial charge in [-0.2, -0.15) is 0 Å². The minimum atomic E-state index is -0.622. The summed E-state index contributed by atoms with van der Waals surface area (Å²) < 4.78 is 25.3. The Labute approximate surface area is 267 Å². The Balaban J connectivity index is 1.16. The molecule has 0 radical (unpaired) electrons. The number of fused-ring (bicyclic) bond motifs is 1. The summed E-state index contributed by atoms with van der Waals surface area (Å²) in [4.78, 5) is 47.5. The lowest BCUT2D eigenvalue weighted by atomic mass is 9.92. The molecule has 0 aromatic heterocycles. The van der Waals surface area contributed by atoms with E-state index in [1.165, 1.54) is 11.0 Å². The van der Waals surface area contributed by atoms with Crippen LogP contribution < -0.4 is 10.1 Å². The number of carbonyl (C=O) groups is 3. The van der Waals surface area contributed by atoms with Crippen LogP contribution in [-0.4, -0.2) is 102 Å². The molecular weight excluding hydrogens is 601 g/mol. The largest absolute Gasteiger partial charge is 0.497 e. The predicted octanol–water partition coefficient (Wildman–Crippen LogP) is 5.21. The minimum Gasteiger partial charge on any atom is -0.497 e. The van der Waals surface area contributed by atoms with Crippen LogP contribution in [0.5, 0.6) is 5.75 Å². The Morgan fingerprint density at radius 1 is 1.13 bits per heavy atom. The zero-order valence-electron chi connectivity index (χ0n) is 25.9. The number of hydrogen-bond donors (Lipinski definition) is 1. The van der Waals surface area contributed by atoms with Crippen molar-refractivity contribution >= 4 is 40.8 Å². The molecule has 2 fully saturated rings. The summed E-state index contributed by atoms with van der Waals surface area (Å²) >= 11 is 6.44. The number of nitrogens with zero attached hydrogens (tertiary/aromatic N) is 4. The number of nitrogens with one attached hydrogen (secondary N) is 1. The number of rotatable bonds is 8. The molecule has 1 saturated heterocycles. The van der Waals surface area contributed by atoms with E-state index in [1.807, 2.05) is 30.0 Å². The molecule has 1 unspecified atom stereocenters. The smallest absolute Gasteiger partial charge is 0.325 e. The maximum atomic E-state index is 14.6. The number of piperidine rings is 1. The first kappa shape index (κ1) is 31.2. The third-order valence-electron chi connectivity index (χ3n) is 9.52. The number of anilines is 1. The standard InChI is InChI=1S/C33H39ClFN5O5/c1-21(20-44-2)40-32(43)38(18-26(33(40)12-13-33)25-5-4-6-27(35)30(25)34)19-29(41)37-14-10-23(11-15-37)39-16-9-22-7-8-24(45-3)17-28(22)36-31(39)42/h4-8,17-18,21,23H,9-16,19-20H2,1-3H3,(H,36,42). The number of halogens is 2. The van der Waals surface area contributed by atoms with E-state index in [-0.39, 0.29) is 41.6 Å². The summed E-state index contributed by atoms with van der Waals surface area (Å²) in [6.07, 6.45) is 5.09. The van der Waals surface area contributed by atoms with Gasteiger partial charge in [0.25, 0.3) is 0 Å². The molecule has 5 amide bonds. The summed E-state index contributed by atoms with van der Waals surface area (Å²) in [5.74, 6) is -0.0359. The van der Waals surface area contributed by atoms with E-state index in [4.69, 9.17) is 21.1 Å². The first-order chi connectivity index (χ1) is 21.7. The SMILES string of the molecule is COCC(C)N1C(=O)N(CC(=O)N2CCC(N3CCc4ccc(OC)cc4NC3=O)CC2)C=C(c2cccc(F)c2Cl)C12CC2. The lowest BCUT2D eigenvalue weighted by molar-refractivity contribution is -0.133. The van der Waals surface area contributed by atoms with Crippen molar-refractivity contribution in [3.05, 3.63) is 64.6 Å². The monoisotopic (exact) mass is 639 g/mol. The fourth-order valence-corrected chi connectivity index (χ4v) is 7.28. The van der Waals surface area contributed by atoms with Crippen molar-refractivity contribution in [2.75, 3.05) is 52.3 Å². The van der Waals surface area contributed by atoms with E-state index in [1.54, 1.807) is 42.4 Å². The van der Waals surface area contributed by atoms with Crippen LogP contribution in [0.3, 0.4) is 0 Å². The summed E-state index contributed by atoms with van der Waals surface area (Å²) in [6.45, 7) is 3.59. The first-order valence-corrected chi connectivity index (χ1v) is 15.8. The van der Waals surface area contributed by atoms with Crippen molar-refractivity contribution in [3.63, 3.8) is 0 Å². The van der Waals surface area contributed by atoms with Gasteiger partial charge >= 0.3 is 12.1 Å². The van der Waals surface area contributed by atoms with Crippen LogP contribution in [0.4, 0.5) is 19.7 Å². The highest BCUT2D eigenvalue weighted by Gasteiger charge is 2.58. The summed E-state index contributed by atoms with van der Waals surface area (Å²) in [5, 5.41) is 3.02. The van der Waals surface area contributed by atoms with Crippen molar-refractivity contribution in [2.45, 2.75) is 56.7 Å². The zero-order chi connectivity index (χ0) is 31.9. The topological polar surface area (TPSA) is 94.7 Å². The van der Waals surface area contributed by atoms with E-state index < -0.39 is 11.4 Å². The van der Waals surface area contributed by atoms with Gasteiger partial charge in [-0.15, -0.1) is 0 Å². The maximum Gasteiger partial charge on any atom is 0.325 e. The Morgan fingerprint density at radius 2 is 1.89 bits per heavy atom. The van der Waals surface area contributed by atoms with Crippen LogP contribution in [0.25, 0.3) is 5.57 Å². The molecular formula is C33H39ClFN5O5. The number of carbonyl (C=O) groups excluding carboxylic acids is 3. The van der Waals surface area contributed by atoms with Gasteiger partial charge in [0.05, 0.1) is 30.3 Å². The lowest BCUT2D eigenvalue weighted by Crippen LogP contribution is -2.58. The van der Waals surface area contributed by atoms with E-state index in [2.05, 4.69) is 5.32 Å². The Kier molecular flexibility index (Phi) is 8.67. The van der Waals surface area contributed by atoms with Crippen molar-refractivity contribution in [1.82, 2.24) is 19.6 Å². The van der Waals surface area contributed by atoms with Crippen LogP contribution in [0, 0.1) is 5.82 Å². The number of benzene rings is 2. The van der Waals surface area contributed by atoms with Crippen LogP contribution in [-0.2, 0) is 16.0 Å². The van der Waals surface area contributed by atoms with Crippen LogP contribution in [0.15, 0.2) is 42.6 Å². The van der Waals surface area contributed by atoms with Gasteiger partial charge in [0.15, 0.2) is 0 Å². The second-order valence-electron chi connectivity index (χ2n) is 12.3. The normalized spacial score (nSPS) is 20.4. The average molecular weight is 640 g/mol. The highest BCUT2D eigenvalue weighted by molar-refractivity contribution is 6.32. The van der Waals surface area contributed by atoms with Gasteiger partial charge in [0.1, 0.15) is 18.1 Å². The summed E-state index contributed by atoms with van der Waals surface area (Å²) in [7, 11) is 3.18. The van der Waals surface area contributed by atoms with Gasteiger partial charge < -0.3 is 29.5 Å². The summed E-state index contributed by atoms with van der Waals surface area (Å²) in [6, 6.07) is 9.65. The Bertz CT molecular complexity index is 1520. The molecule has 2 aromatic rings. The second kappa shape index (κ2) is 12.5. The molecule has 45 heavy (non-hydrogen) atoms. The molecule has 3 aliphatic heterocycles. The fraction of sp³-hybridized carbons (Fsp3) is 0.485. The van der Waals surface area contributed by atoms with E-state index in [9.17, 15) is 18.8 Å². The Morgan fingerprint density at radius 3 is 2.58 bits per heavy atom. The van der Waals surface area contributed by atoms with Gasteiger partial charge in [-0.05, 0) is 56.7 Å². The molecule has 4 aliphatic rings. The van der Waals surface area contributed by atoms with Gasteiger partial charge in [0, 0.05) is 61.9 Å². The molecule has 0 bridgehead atoms. The molecule has 6 rings (SSSR count). The lowest BCUT2D eigenvalue weighted by Gasteiger charge is -2.45. The molecule has 2 aromatic carbocycles. The number of ether oxygens (including phenoxy) is 2.